The highest BCUT2D eigenvalue weighted by molar-refractivity contribution is 6.08. The van der Waals surface area contributed by atoms with Crippen LogP contribution < -0.4 is 16.2 Å². The smallest absolute Gasteiger partial charge is 0.321 e. The molecule has 7 rings (SSSR count). The van der Waals surface area contributed by atoms with Crippen LogP contribution >= 0.6 is 0 Å². The molecule has 49 heavy (non-hydrogen) atoms. The summed E-state index contributed by atoms with van der Waals surface area (Å²) in [6.07, 6.45) is 1.96. The predicted octanol–water partition coefficient (Wildman–Crippen LogP) is 5.44. The van der Waals surface area contributed by atoms with E-state index in [1.807, 2.05) is 30.3 Å². The summed E-state index contributed by atoms with van der Waals surface area (Å²) in [7, 11) is 0. The summed E-state index contributed by atoms with van der Waals surface area (Å²) in [5.74, 6) is -1.41. The average Bonchev–Trinajstić information content (AvgIpc) is 3.14. The Balaban J connectivity index is 0.948. The van der Waals surface area contributed by atoms with Crippen LogP contribution in [-0.2, 0) is 6.42 Å². The molecule has 0 bridgehead atoms. The van der Waals surface area contributed by atoms with Crippen molar-refractivity contribution in [1.29, 1.82) is 0 Å². The van der Waals surface area contributed by atoms with Gasteiger partial charge in [-0.2, -0.15) is 5.10 Å². The highest BCUT2D eigenvalue weighted by atomic mass is 19.1. The lowest BCUT2D eigenvalue weighted by Crippen LogP contribution is -2.51. The predicted molar refractivity (Wildman–Crippen MR) is 184 cm³/mol. The molecule has 3 N–H and O–H groups in total. The van der Waals surface area contributed by atoms with E-state index in [0.29, 0.717) is 50.9 Å². The molecule has 2 aromatic heterocycles. The molecule has 12 heteroatoms. The number of hydrogen-bond acceptors (Lipinski definition) is 6. The van der Waals surface area contributed by atoms with Gasteiger partial charge in [0.2, 0.25) is 0 Å². The van der Waals surface area contributed by atoms with Gasteiger partial charge in [-0.1, -0.05) is 42.5 Å². The third kappa shape index (κ3) is 6.57. The van der Waals surface area contributed by atoms with Crippen LogP contribution in [0.4, 0.5) is 20.6 Å². The molecule has 0 aliphatic carbocycles. The number of benzene rings is 4. The Morgan fingerprint density at radius 1 is 0.796 bits per heavy atom. The summed E-state index contributed by atoms with van der Waals surface area (Å²) in [4.78, 5) is 58.9. The molecule has 1 aliphatic heterocycles. The Bertz CT molecular complexity index is 2280. The molecule has 244 valence electrons. The number of anilines is 2. The Kier molecular flexibility index (Phi) is 8.50. The van der Waals surface area contributed by atoms with E-state index < -0.39 is 11.7 Å². The minimum absolute atomic E-state index is 0.0648. The number of H-pyrrole nitrogens is 1. The van der Waals surface area contributed by atoms with Crippen molar-refractivity contribution in [1.82, 2.24) is 25.0 Å². The number of halogens is 1. The molecule has 0 spiro atoms. The van der Waals surface area contributed by atoms with Gasteiger partial charge in [0.1, 0.15) is 5.82 Å². The van der Waals surface area contributed by atoms with Gasteiger partial charge >= 0.3 is 6.03 Å². The fraction of sp³-hybridized carbons (Fsp3) is 0.135. The monoisotopic (exact) mass is 655 g/mol. The molecule has 0 radical (unpaired) electrons. The number of piperazine rings is 1. The van der Waals surface area contributed by atoms with E-state index in [0.717, 1.165) is 5.39 Å². The fourth-order valence-corrected chi connectivity index (χ4v) is 5.94. The standard InChI is InChI=1S/C37H30FN7O4/c38-30-15-10-23(22-32-27-7-1-2-8-28(27)35(47)43-42-32)21-29(30)36(48)44-17-19-45(20-18-44)37(49)40-26-13-11-25(12-14-26)34(46)41-31-9-3-5-24-6-4-16-39-33(24)31/h1-16,21H,17-20,22H2,(H,40,49)(H,41,46)(H,43,47). The van der Waals surface area contributed by atoms with E-state index in [1.165, 1.54) is 17.0 Å². The topological polar surface area (TPSA) is 140 Å². The number of urea groups is 1. The maximum Gasteiger partial charge on any atom is 0.321 e. The van der Waals surface area contributed by atoms with Crippen molar-refractivity contribution in [3.05, 3.63) is 142 Å². The number of hydrogen-bond donors (Lipinski definition) is 3. The zero-order valence-electron chi connectivity index (χ0n) is 26.2. The normalized spacial score (nSPS) is 13.0. The third-order valence-electron chi connectivity index (χ3n) is 8.54. The molecule has 4 aromatic carbocycles. The van der Waals surface area contributed by atoms with Gasteiger partial charge in [0.15, 0.2) is 0 Å². The van der Waals surface area contributed by atoms with Gasteiger partial charge in [-0.15, -0.1) is 0 Å². The van der Waals surface area contributed by atoms with Gasteiger partial charge in [-0.3, -0.25) is 19.4 Å². The Labute approximate surface area is 279 Å². The largest absolute Gasteiger partial charge is 0.335 e. The fourth-order valence-electron chi connectivity index (χ4n) is 5.94. The first-order valence-corrected chi connectivity index (χ1v) is 15.7. The maximum absolute atomic E-state index is 14.9. The lowest BCUT2D eigenvalue weighted by atomic mass is 10.0. The van der Waals surface area contributed by atoms with Crippen LogP contribution in [0.25, 0.3) is 21.7 Å². The van der Waals surface area contributed by atoms with Crippen molar-refractivity contribution >= 4 is 50.9 Å². The number of aromatic amines is 1. The molecular formula is C37H30FN7O4. The molecule has 1 fully saturated rings. The molecule has 1 saturated heterocycles. The first-order chi connectivity index (χ1) is 23.8. The summed E-state index contributed by atoms with van der Waals surface area (Å²) < 4.78 is 14.9. The third-order valence-corrected chi connectivity index (χ3v) is 8.54. The molecule has 11 nitrogen and oxygen atoms in total. The van der Waals surface area contributed by atoms with Crippen molar-refractivity contribution in [2.75, 3.05) is 36.8 Å². The number of pyridine rings is 1. The van der Waals surface area contributed by atoms with Crippen molar-refractivity contribution in [2.24, 2.45) is 0 Å². The second-order valence-corrected chi connectivity index (χ2v) is 11.7. The van der Waals surface area contributed by atoms with Gasteiger partial charge in [-0.05, 0) is 60.2 Å². The van der Waals surface area contributed by atoms with Gasteiger partial charge in [-0.25, -0.2) is 14.3 Å². The van der Waals surface area contributed by atoms with E-state index in [4.69, 9.17) is 0 Å². The van der Waals surface area contributed by atoms with Crippen LogP contribution in [0, 0.1) is 5.82 Å². The van der Waals surface area contributed by atoms with Crippen LogP contribution in [0.15, 0.2) is 108 Å². The van der Waals surface area contributed by atoms with Crippen LogP contribution in [0.1, 0.15) is 32.0 Å². The summed E-state index contributed by atoms with van der Waals surface area (Å²) in [5.41, 5.74) is 3.13. The quantitative estimate of drug-likeness (QED) is 0.218. The van der Waals surface area contributed by atoms with Crippen molar-refractivity contribution < 1.29 is 18.8 Å². The number of carbonyl (C=O) groups is 3. The molecule has 0 unspecified atom stereocenters. The Hall–Kier alpha value is -6.43. The van der Waals surface area contributed by atoms with Crippen LogP contribution in [0.5, 0.6) is 0 Å². The zero-order valence-corrected chi connectivity index (χ0v) is 26.2. The summed E-state index contributed by atoms with van der Waals surface area (Å²) in [6.45, 7) is 0.964. The zero-order chi connectivity index (χ0) is 33.9. The number of para-hydroxylation sites is 1. The SMILES string of the molecule is O=C(Nc1cccc2cccnc12)c1ccc(NC(=O)N2CCN(C(=O)c3cc(Cc4n[nH]c(=O)c5ccccc45)ccc3F)CC2)cc1. The summed E-state index contributed by atoms with van der Waals surface area (Å²) in [5, 5.41) is 14.5. The Morgan fingerprint density at radius 2 is 1.53 bits per heavy atom. The van der Waals surface area contributed by atoms with Gasteiger partial charge in [0, 0.05) is 60.8 Å². The van der Waals surface area contributed by atoms with E-state index in [-0.39, 0.29) is 49.2 Å². The van der Waals surface area contributed by atoms with Crippen LogP contribution in [-0.4, -0.2) is 69.0 Å². The van der Waals surface area contributed by atoms with E-state index in [2.05, 4.69) is 25.8 Å². The minimum Gasteiger partial charge on any atom is -0.335 e. The highest BCUT2D eigenvalue weighted by Gasteiger charge is 2.27. The van der Waals surface area contributed by atoms with Crippen LogP contribution in [0.3, 0.4) is 0 Å². The number of fused-ring (bicyclic) bond motifs is 2. The second-order valence-electron chi connectivity index (χ2n) is 11.7. The number of amides is 4. The number of nitrogens with one attached hydrogen (secondary N) is 3. The van der Waals surface area contributed by atoms with Gasteiger partial charge in [0.05, 0.1) is 27.8 Å². The molecule has 3 heterocycles. The minimum atomic E-state index is -0.640. The molecule has 4 amide bonds. The lowest BCUT2D eigenvalue weighted by Gasteiger charge is -2.34. The maximum atomic E-state index is 14.9. The van der Waals surface area contributed by atoms with Gasteiger partial charge < -0.3 is 20.4 Å². The summed E-state index contributed by atoms with van der Waals surface area (Å²) in [6, 6.07) is 27.0. The highest BCUT2D eigenvalue weighted by Crippen LogP contribution is 2.23. The van der Waals surface area contributed by atoms with E-state index >= 15 is 0 Å². The van der Waals surface area contributed by atoms with Gasteiger partial charge in [0.25, 0.3) is 17.4 Å². The Morgan fingerprint density at radius 3 is 2.33 bits per heavy atom. The first-order valence-electron chi connectivity index (χ1n) is 15.7. The number of carbonyl (C=O) groups excluding carboxylic acids is 3. The van der Waals surface area contributed by atoms with Crippen molar-refractivity contribution in [2.45, 2.75) is 6.42 Å². The van der Waals surface area contributed by atoms with E-state index in [1.54, 1.807) is 65.7 Å². The van der Waals surface area contributed by atoms with Crippen LogP contribution in [0.2, 0.25) is 0 Å². The lowest BCUT2D eigenvalue weighted by molar-refractivity contribution is 0.0667. The first kappa shape index (κ1) is 31.2. The second kappa shape index (κ2) is 13.4. The molecule has 6 aromatic rings. The number of aromatic nitrogens is 3. The molecule has 0 atom stereocenters. The van der Waals surface area contributed by atoms with Crippen molar-refractivity contribution in [3.8, 4) is 0 Å². The van der Waals surface area contributed by atoms with E-state index in [9.17, 15) is 23.6 Å². The summed E-state index contributed by atoms with van der Waals surface area (Å²) >= 11 is 0. The number of rotatable bonds is 6. The average molecular weight is 656 g/mol. The van der Waals surface area contributed by atoms with Crippen molar-refractivity contribution in [3.63, 3.8) is 0 Å². The molecular weight excluding hydrogens is 625 g/mol. The number of nitrogens with zero attached hydrogens (tertiary/aromatic N) is 4. The molecule has 1 aliphatic rings. The molecule has 0 saturated carbocycles.